The fourth-order valence-corrected chi connectivity index (χ4v) is 3.93. The maximum atomic E-state index is 9.29. The van der Waals surface area contributed by atoms with Crippen molar-refractivity contribution in [3.05, 3.63) is 59.2 Å². The SMILES string of the molecule is CCc1cccc(CC)c1NC(N)=NCc1ccc(N2CCC(CO)CC2)cc1.I. The molecule has 3 rings (SSSR count). The zero-order valence-corrected chi connectivity index (χ0v) is 20.4. The van der Waals surface area contributed by atoms with E-state index in [0.29, 0.717) is 25.0 Å². The third kappa shape index (κ3) is 6.35. The van der Waals surface area contributed by atoms with Crippen molar-refractivity contribution in [2.24, 2.45) is 16.6 Å². The van der Waals surface area contributed by atoms with Crippen LogP contribution in [0.3, 0.4) is 0 Å². The van der Waals surface area contributed by atoms with E-state index in [0.717, 1.165) is 50.0 Å². The fraction of sp³-hybridized carbons (Fsp3) is 0.458. The predicted molar refractivity (Wildman–Crippen MR) is 138 cm³/mol. The van der Waals surface area contributed by atoms with Gasteiger partial charge in [0.2, 0.25) is 0 Å². The van der Waals surface area contributed by atoms with Crippen molar-refractivity contribution in [3.63, 3.8) is 0 Å². The van der Waals surface area contributed by atoms with Crippen LogP contribution in [0.15, 0.2) is 47.5 Å². The number of hydrogen-bond donors (Lipinski definition) is 3. The second kappa shape index (κ2) is 12.2. The number of nitrogens with two attached hydrogens (primary N) is 1. The predicted octanol–water partition coefficient (Wildman–Crippen LogP) is 4.56. The molecule has 30 heavy (non-hydrogen) atoms. The Morgan fingerprint density at radius 3 is 2.20 bits per heavy atom. The molecule has 0 unspecified atom stereocenters. The lowest BCUT2D eigenvalue weighted by Crippen LogP contribution is -2.34. The van der Waals surface area contributed by atoms with Crippen LogP contribution in [0.25, 0.3) is 0 Å². The molecule has 5 nitrogen and oxygen atoms in total. The highest BCUT2D eigenvalue weighted by molar-refractivity contribution is 14.0. The molecule has 1 aliphatic rings. The van der Waals surface area contributed by atoms with Gasteiger partial charge in [-0.2, -0.15) is 0 Å². The number of anilines is 2. The first kappa shape index (κ1) is 24.5. The molecule has 0 radical (unpaired) electrons. The number of aliphatic hydroxyl groups is 1. The summed E-state index contributed by atoms with van der Waals surface area (Å²) in [6.45, 7) is 7.19. The molecule has 2 aromatic rings. The van der Waals surface area contributed by atoms with Crippen molar-refractivity contribution in [2.45, 2.75) is 46.1 Å². The minimum atomic E-state index is 0. The van der Waals surface area contributed by atoms with Crippen LogP contribution in [-0.2, 0) is 19.4 Å². The van der Waals surface area contributed by atoms with Gasteiger partial charge in [0.05, 0.1) is 6.54 Å². The van der Waals surface area contributed by atoms with E-state index in [1.165, 1.54) is 16.8 Å². The number of para-hydroxylation sites is 1. The van der Waals surface area contributed by atoms with E-state index in [1.807, 2.05) is 0 Å². The molecule has 0 saturated carbocycles. The molecule has 0 atom stereocenters. The maximum absolute atomic E-state index is 9.29. The number of guanidine groups is 1. The van der Waals surface area contributed by atoms with E-state index in [9.17, 15) is 5.11 Å². The number of aliphatic hydroxyl groups excluding tert-OH is 1. The van der Waals surface area contributed by atoms with Crippen LogP contribution in [0.5, 0.6) is 0 Å². The average molecular weight is 522 g/mol. The number of piperidine rings is 1. The van der Waals surface area contributed by atoms with Gasteiger partial charge in [-0.05, 0) is 60.4 Å². The molecule has 1 heterocycles. The maximum Gasteiger partial charge on any atom is 0.193 e. The minimum Gasteiger partial charge on any atom is -0.396 e. The molecule has 1 saturated heterocycles. The summed E-state index contributed by atoms with van der Waals surface area (Å²) in [7, 11) is 0. The number of nitrogens with one attached hydrogen (secondary N) is 1. The number of halogens is 1. The molecule has 0 spiro atoms. The van der Waals surface area contributed by atoms with Crippen LogP contribution in [0.2, 0.25) is 0 Å². The summed E-state index contributed by atoms with van der Waals surface area (Å²) >= 11 is 0. The van der Waals surface area contributed by atoms with Crippen molar-refractivity contribution in [2.75, 3.05) is 29.9 Å². The molecule has 0 amide bonds. The van der Waals surface area contributed by atoms with E-state index in [2.05, 4.69) is 71.5 Å². The van der Waals surface area contributed by atoms with Gasteiger partial charge >= 0.3 is 0 Å². The molecular formula is C24H35IN4O. The Labute approximate surface area is 197 Å². The van der Waals surface area contributed by atoms with Crippen molar-refractivity contribution in [1.29, 1.82) is 0 Å². The number of hydrogen-bond acceptors (Lipinski definition) is 3. The molecule has 164 valence electrons. The van der Waals surface area contributed by atoms with Crippen molar-refractivity contribution < 1.29 is 5.11 Å². The van der Waals surface area contributed by atoms with Crippen molar-refractivity contribution in [3.8, 4) is 0 Å². The van der Waals surface area contributed by atoms with Gasteiger partial charge in [-0.15, -0.1) is 24.0 Å². The highest BCUT2D eigenvalue weighted by Gasteiger charge is 2.18. The third-order valence-electron chi connectivity index (χ3n) is 5.86. The molecule has 2 aromatic carbocycles. The summed E-state index contributed by atoms with van der Waals surface area (Å²) in [5.41, 5.74) is 12.2. The molecule has 0 bridgehead atoms. The number of nitrogens with zero attached hydrogens (tertiary/aromatic N) is 2. The zero-order chi connectivity index (χ0) is 20.6. The molecule has 1 fully saturated rings. The first-order valence-electron chi connectivity index (χ1n) is 10.8. The number of aliphatic imine (C=N–C) groups is 1. The minimum absolute atomic E-state index is 0. The number of rotatable bonds is 7. The Balaban J connectivity index is 0.00000320. The van der Waals surface area contributed by atoms with Crippen LogP contribution < -0.4 is 16.0 Å². The Kier molecular flexibility index (Phi) is 9.91. The van der Waals surface area contributed by atoms with Crippen LogP contribution in [0.4, 0.5) is 11.4 Å². The highest BCUT2D eigenvalue weighted by atomic mass is 127. The lowest BCUT2D eigenvalue weighted by atomic mass is 9.97. The van der Waals surface area contributed by atoms with Gasteiger partial charge in [-0.3, -0.25) is 0 Å². The van der Waals surface area contributed by atoms with E-state index >= 15 is 0 Å². The summed E-state index contributed by atoms with van der Waals surface area (Å²) in [6, 6.07) is 15.0. The lowest BCUT2D eigenvalue weighted by Gasteiger charge is -2.32. The quantitative estimate of drug-likeness (QED) is 0.283. The lowest BCUT2D eigenvalue weighted by molar-refractivity contribution is 0.203. The van der Waals surface area contributed by atoms with Crippen LogP contribution in [0.1, 0.15) is 43.4 Å². The van der Waals surface area contributed by atoms with E-state index in [1.54, 1.807) is 0 Å². The number of benzene rings is 2. The van der Waals surface area contributed by atoms with Gasteiger partial charge in [0.1, 0.15) is 0 Å². The smallest absolute Gasteiger partial charge is 0.193 e. The standard InChI is InChI=1S/C24H34N4O.HI/c1-3-20-6-5-7-21(4-2)23(20)27-24(25)26-16-18-8-10-22(11-9-18)28-14-12-19(17-29)13-15-28;/h5-11,19,29H,3-4,12-17H2,1-2H3,(H3,25,26,27);1H. The van der Waals surface area contributed by atoms with Gasteiger partial charge in [0, 0.05) is 31.1 Å². The second-order valence-corrected chi connectivity index (χ2v) is 7.76. The van der Waals surface area contributed by atoms with Crippen LogP contribution in [-0.4, -0.2) is 30.8 Å². The average Bonchev–Trinajstić information content (AvgIpc) is 2.78. The first-order chi connectivity index (χ1) is 14.1. The zero-order valence-electron chi connectivity index (χ0n) is 18.1. The summed E-state index contributed by atoms with van der Waals surface area (Å²) in [4.78, 5) is 6.94. The van der Waals surface area contributed by atoms with Gasteiger partial charge in [0.25, 0.3) is 0 Å². The topological polar surface area (TPSA) is 73.9 Å². The first-order valence-corrected chi connectivity index (χ1v) is 10.8. The Morgan fingerprint density at radius 1 is 1.07 bits per heavy atom. The second-order valence-electron chi connectivity index (χ2n) is 7.76. The Morgan fingerprint density at radius 2 is 1.67 bits per heavy atom. The van der Waals surface area contributed by atoms with Crippen molar-refractivity contribution in [1.82, 2.24) is 0 Å². The largest absolute Gasteiger partial charge is 0.396 e. The summed E-state index contributed by atoms with van der Waals surface area (Å²) in [5.74, 6) is 0.914. The Bertz CT molecular complexity index is 792. The number of aryl methyl sites for hydroxylation is 2. The van der Waals surface area contributed by atoms with Gasteiger partial charge in [-0.1, -0.05) is 44.2 Å². The fourth-order valence-electron chi connectivity index (χ4n) is 3.93. The van der Waals surface area contributed by atoms with Crippen LogP contribution in [0, 0.1) is 5.92 Å². The molecule has 1 aliphatic heterocycles. The monoisotopic (exact) mass is 522 g/mol. The molecule has 4 N–H and O–H groups in total. The summed E-state index contributed by atoms with van der Waals surface area (Å²) in [5, 5.41) is 12.6. The van der Waals surface area contributed by atoms with Gasteiger partial charge < -0.3 is 21.1 Å². The summed E-state index contributed by atoms with van der Waals surface area (Å²) < 4.78 is 0. The molecular weight excluding hydrogens is 487 g/mol. The summed E-state index contributed by atoms with van der Waals surface area (Å²) in [6.07, 6.45) is 4.04. The molecule has 0 aromatic heterocycles. The van der Waals surface area contributed by atoms with E-state index < -0.39 is 0 Å². The highest BCUT2D eigenvalue weighted by Crippen LogP contribution is 2.24. The third-order valence-corrected chi connectivity index (χ3v) is 5.86. The molecule has 6 heteroatoms. The van der Waals surface area contributed by atoms with E-state index in [4.69, 9.17) is 5.73 Å². The Hall–Kier alpha value is -1.80. The van der Waals surface area contributed by atoms with Crippen molar-refractivity contribution >= 4 is 41.3 Å². The molecule has 0 aliphatic carbocycles. The van der Waals surface area contributed by atoms with E-state index in [-0.39, 0.29) is 24.0 Å². The van der Waals surface area contributed by atoms with Gasteiger partial charge in [0.15, 0.2) is 5.96 Å². The van der Waals surface area contributed by atoms with Crippen LogP contribution >= 0.6 is 24.0 Å². The normalized spacial score (nSPS) is 15.0. The van der Waals surface area contributed by atoms with Gasteiger partial charge in [-0.25, -0.2) is 4.99 Å².